The number of likely N-dealkylation sites (tertiary alicyclic amines) is 1. The molecule has 0 atom stereocenters. The van der Waals surface area contributed by atoms with Gasteiger partial charge in [-0.3, -0.25) is 14.5 Å². The van der Waals surface area contributed by atoms with E-state index in [1.807, 2.05) is 84.9 Å². The van der Waals surface area contributed by atoms with Crippen molar-refractivity contribution in [2.45, 2.75) is 44.1 Å². The minimum atomic E-state index is -5.40. The molecule has 2 aliphatic heterocycles. The van der Waals surface area contributed by atoms with Gasteiger partial charge in [-0.15, -0.1) is 0 Å². The van der Waals surface area contributed by atoms with Crippen LogP contribution in [0.4, 0.5) is 13.2 Å². The van der Waals surface area contributed by atoms with Gasteiger partial charge in [0.2, 0.25) is 0 Å². The number of halogens is 3. The number of carbonyl (C=O) groups excluding carboxylic acids is 4. The van der Waals surface area contributed by atoms with Crippen molar-refractivity contribution in [3.63, 3.8) is 0 Å². The highest BCUT2D eigenvalue weighted by Crippen LogP contribution is 2.41. The average Bonchev–Trinajstić information content (AvgIpc) is 3.06. The maximum absolute atomic E-state index is 14.0. The highest BCUT2D eigenvalue weighted by molar-refractivity contribution is 6.19. The van der Waals surface area contributed by atoms with Crippen molar-refractivity contribution in [1.82, 2.24) is 15.1 Å². The minimum Gasteiger partial charge on any atom is -0.511 e. The first kappa shape index (κ1) is 33.2. The Morgan fingerprint density at radius 3 is 2.00 bits per heavy atom. The third kappa shape index (κ3) is 7.98. The zero-order valence-corrected chi connectivity index (χ0v) is 25.2. The number of hydrogen-bond donors (Lipinski definition) is 2. The van der Waals surface area contributed by atoms with Crippen molar-refractivity contribution >= 4 is 23.8 Å². The van der Waals surface area contributed by atoms with Gasteiger partial charge in [0.05, 0.1) is 5.54 Å². The van der Waals surface area contributed by atoms with Gasteiger partial charge in [0.25, 0.3) is 11.8 Å². The van der Waals surface area contributed by atoms with E-state index >= 15 is 0 Å². The van der Waals surface area contributed by atoms with Crippen molar-refractivity contribution in [3.8, 4) is 11.1 Å². The van der Waals surface area contributed by atoms with E-state index in [1.165, 1.54) is 0 Å². The van der Waals surface area contributed by atoms with Crippen molar-refractivity contribution in [2.75, 3.05) is 19.6 Å². The molecule has 0 aromatic heterocycles. The van der Waals surface area contributed by atoms with Crippen LogP contribution < -0.4 is 5.32 Å². The monoisotopic (exact) mass is 651 g/mol. The van der Waals surface area contributed by atoms with Gasteiger partial charge in [-0.25, -0.2) is 19.4 Å². The highest BCUT2D eigenvalue weighted by Gasteiger charge is 2.49. The lowest BCUT2D eigenvalue weighted by molar-refractivity contribution is -0.285. The van der Waals surface area contributed by atoms with E-state index in [0.29, 0.717) is 25.9 Å². The summed E-state index contributed by atoms with van der Waals surface area (Å²) >= 11 is 0. The van der Waals surface area contributed by atoms with E-state index in [4.69, 9.17) is 0 Å². The molecule has 2 amide bonds. The van der Waals surface area contributed by atoms with Gasteiger partial charge in [0, 0.05) is 32.6 Å². The molecule has 0 bridgehead atoms. The zero-order valence-electron chi connectivity index (χ0n) is 25.2. The van der Waals surface area contributed by atoms with Gasteiger partial charge < -0.3 is 15.3 Å². The van der Waals surface area contributed by atoms with Gasteiger partial charge in [0.1, 0.15) is 17.9 Å². The van der Waals surface area contributed by atoms with Crippen LogP contribution >= 0.6 is 0 Å². The molecule has 2 N–H and O–H groups in total. The van der Waals surface area contributed by atoms with Crippen molar-refractivity contribution < 1.29 is 47.2 Å². The fourth-order valence-electron chi connectivity index (χ4n) is 5.87. The highest BCUT2D eigenvalue weighted by atomic mass is 19.4. The summed E-state index contributed by atoms with van der Waals surface area (Å²) in [4.78, 5) is 60.7. The fraction of sp³-hybridized carbons (Fsp3) is 0.294. The van der Waals surface area contributed by atoms with Gasteiger partial charge >= 0.3 is 18.1 Å². The first-order valence-corrected chi connectivity index (χ1v) is 14.9. The third-order valence-corrected chi connectivity index (χ3v) is 8.32. The summed E-state index contributed by atoms with van der Waals surface area (Å²) in [5.74, 6) is -6.64. The average molecular weight is 652 g/mol. The molecule has 1 spiro atoms. The van der Waals surface area contributed by atoms with Crippen molar-refractivity contribution in [1.29, 1.82) is 0 Å². The van der Waals surface area contributed by atoms with Crippen LogP contribution in [0.25, 0.3) is 11.1 Å². The molecule has 1 saturated heterocycles. The van der Waals surface area contributed by atoms with Crippen LogP contribution in [0.2, 0.25) is 0 Å². The summed E-state index contributed by atoms with van der Waals surface area (Å²) in [7, 11) is 0. The van der Waals surface area contributed by atoms with E-state index in [2.05, 4.69) is 20.0 Å². The van der Waals surface area contributed by atoms with Gasteiger partial charge in [-0.1, -0.05) is 84.9 Å². The van der Waals surface area contributed by atoms with Crippen LogP contribution in [0.15, 0.2) is 96.3 Å². The maximum atomic E-state index is 14.0. The number of nitrogens with one attached hydrogen (secondary N) is 1. The number of nitrogens with zero attached hydrogens (tertiary/aromatic N) is 2. The molecule has 0 unspecified atom stereocenters. The SMILES string of the molecule is O=C(CNC(=O)C1=C(O)CC2(CCN(Cc3ccccc3)CC2)N(Cc2ccc(-c3ccccc3)cc2)C1=O)OOC(=O)C(F)(F)F. The number of benzene rings is 3. The first-order chi connectivity index (χ1) is 22.4. The van der Waals surface area contributed by atoms with Crippen molar-refractivity contribution in [2.24, 2.45) is 0 Å². The number of piperidine rings is 1. The zero-order chi connectivity index (χ0) is 33.6. The predicted molar refractivity (Wildman–Crippen MR) is 162 cm³/mol. The summed E-state index contributed by atoms with van der Waals surface area (Å²) in [6, 6.07) is 27.4. The second kappa shape index (κ2) is 14.1. The van der Waals surface area contributed by atoms with Crippen LogP contribution in [-0.4, -0.2) is 70.0 Å². The molecule has 1 fully saturated rings. The Morgan fingerprint density at radius 1 is 0.809 bits per heavy atom. The normalized spacial score (nSPS) is 16.6. The summed E-state index contributed by atoms with van der Waals surface area (Å²) < 4.78 is 36.9. The molecule has 5 rings (SSSR count). The summed E-state index contributed by atoms with van der Waals surface area (Å²) in [5.41, 5.74) is 2.54. The molecule has 0 aliphatic carbocycles. The lowest BCUT2D eigenvalue weighted by Crippen LogP contribution is -2.60. The molecule has 3 aromatic carbocycles. The van der Waals surface area contributed by atoms with E-state index < -0.39 is 53.3 Å². The molecule has 13 heteroatoms. The Kier molecular flexibility index (Phi) is 9.95. The predicted octanol–water partition coefficient (Wildman–Crippen LogP) is 4.61. The summed E-state index contributed by atoms with van der Waals surface area (Å²) in [6.07, 6.45) is -4.38. The molecular weight excluding hydrogens is 619 g/mol. The molecule has 2 heterocycles. The Balaban J connectivity index is 1.33. The number of alkyl halides is 3. The number of carbonyl (C=O) groups is 4. The smallest absolute Gasteiger partial charge is 0.495 e. The number of aliphatic hydroxyl groups is 1. The van der Waals surface area contributed by atoms with Crippen LogP contribution in [0, 0.1) is 0 Å². The lowest BCUT2D eigenvalue weighted by Gasteiger charge is -2.51. The van der Waals surface area contributed by atoms with Crippen LogP contribution in [-0.2, 0) is 42.0 Å². The largest absolute Gasteiger partial charge is 0.511 e. The maximum Gasteiger partial charge on any atom is 0.495 e. The van der Waals surface area contributed by atoms with Gasteiger partial charge in [-0.2, -0.15) is 13.2 Å². The van der Waals surface area contributed by atoms with Crippen LogP contribution in [0.3, 0.4) is 0 Å². The number of aliphatic hydroxyl groups excluding tert-OH is 1. The van der Waals surface area contributed by atoms with E-state index in [0.717, 1.165) is 28.8 Å². The molecule has 2 aliphatic rings. The molecule has 0 radical (unpaired) electrons. The topological polar surface area (TPSA) is 125 Å². The molecule has 0 saturated carbocycles. The lowest BCUT2D eigenvalue weighted by atomic mass is 9.77. The van der Waals surface area contributed by atoms with Crippen LogP contribution in [0.5, 0.6) is 0 Å². The number of amides is 2. The standard InChI is InChI=1S/C34H32F3N3O7/c35-34(36,37)32(45)47-46-28(42)20-38-30(43)29-27(41)19-33(15-17-39(18-16-33)21-23-7-3-1-4-8-23)40(31(29)44)22-24-11-13-26(14-12-24)25-9-5-2-6-10-25/h1-14,41H,15-22H2,(H,38,43). The number of rotatable bonds is 8. The Labute approximate surface area is 268 Å². The number of hydrogen-bond acceptors (Lipinski definition) is 8. The van der Waals surface area contributed by atoms with Gasteiger partial charge in [0.15, 0.2) is 0 Å². The van der Waals surface area contributed by atoms with Crippen molar-refractivity contribution in [3.05, 3.63) is 107 Å². The summed E-state index contributed by atoms with van der Waals surface area (Å²) in [5, 5.41) is 13.1. The van der Waals surface area contributed by atoms with Crippen LogP contribution in [0.1, 0.15) is 30.4 Å². The molecule has 10 nitrogen and oxygen atoms in total. The molecule has 47 heavy (non-hydrogen) atoms. The quantitative estimate of drug-likeness (QED) is 0.206. The fourth-order valence-corrected chi connectivity index (χ4v) is 5.87. The van der Waals surface area contributed by atoms with E-state index in [1.54, 1.807) is 4.90 Å². The second-order valence-electron chi connectivity index (χ2n) is 11.4. The van der Waals surface area contributed by atoms with Gasteiger partial charge in [-0.05, 0) is 35.1 Å². The first-order valence-electron chi connectivity index (χ1n) is 14.9. The van der Waals surface area contributed by atoms with E-state index in [9.17, 15) is 37.5 Å². The molecular formula is C34H32F3N3O7. The molecule has 246 valence electrons. The Morgan fingerprint density at radius 2 is 1.38 bits per heavy atom. The summed E-state index contributed by atoms with van der Waals surface area (Å²) in [6.45, 7) is 1.07. The third-order valence-electron chi connectivity index (χ3n) is 8.32. The van der Waals surface area contributed by atoms with E-state index in [-0.39, 0.29) is 13.0 Å². The molecule has 3 aromatic rings. The second-order valence-corrected chi connectivity index (χ2v) is 11.4. The Hall–Kier alpha value is -5.17. The minimum absolute atomic E-state index is 0.0174. The Bertz CT molecular complexity index is 1640.